The Labute approximate surface area is 154 Å². The van der Waals surface area contributed by atoms with E-state index in [1.807, 2.05) is 30.3 Å². The Kier molecular flexibility index (Phi) is 4.18. The number of fused-ring (bicyclic) bond motifs is 1. The van der Waals surface area contributed by atoms with Crippen molar-refractivity contribution in [3.05, 3.63) is 78.0 Å². The Bertz CT molecular complexity index is 1160. The van der Waals surface area contributed by atoms with Crippen molar-refractivity contribution in [2.75, 3.05) is 12.5 Å². The second kappa shape index (κ2) is 6.80. The van der Waals surface area contributed by atoms with Gasteiger partial charge in [0.2, 0.25) is 5.71 Å². The normalized spacial score (nSPS) is 10.7. The van der Waals surface area contributed by atoms with Crippen LogP contribution in [0.25, 0.3) is 22.4 Å². The summed E-state index contributed by atoms with van der Waals surface area (Å²) in [6.45, 7) is 0. The van der Waals surface area contributed by atoms with Crippen LogP contribution in [0, 0.1) is 5.41 Å². The van der Waals surface area contributed by atoms with Gasteiger partial charge in [0.25, 0.3) is 5.91 Å². The number of hydrogen-bond donors (Lipinski definition) is 2. The van der Waals surface area contributed by atoms with Crippen molar-refractivity contribution in [3.63, 3.8) is 0 Å². The predicted octanol–water partition coefficient (Wildman–Crippen LogP) is 3.17. The first-order chi connectivity index (χ1) is 13.2. The van der Waals surface area contributed by atoms with Gasteiger partial charge < -0.3 is 9.15 Å². The van der Waals surface area contributed by atoms with Gasteiger partial charge in [0.15, 0.2) is 5.49 Å². The lowest BCUT2D eigenvalue weighted by atomic mass is 10.2. The van der Waals surface area contributed by atoms with Gasteiger partial charge in [-0.3, -0.25) is 15.6 Å². The Hall–Kier alpha value is -3.87. The van der Waals surface area contributed by atoms with Gasteiger partial charge in [0, 0.05) is 11.1 Å². The van der Waals surface area contributed by atoms with Gasteiger partial charge in [-0.15, -0.1) is 0 Å². The van der Waals surface area contributed by atoms with Gasteiger partial charge in [-0.2, -0.15) is 0 Å². The van der Waals surface area contributed by atoms with Gasteiger partial charge in [-0.25, -0.2) is 9.66 Å². The molecule has 2 heterocycles. The van der Waals surface area contributed by atoms with Crippen LogP contribution in [0.5, 0.6) is 5.75 Å². The van der Waals surface area contributed by atoms with Crippen molar-refractivity contribution in [3.8, 4) is 17.1 Å². The zero-order chi connectivity index (χ0) is 18.8. The topological polar surface area (TPSA) is 93.1 Å². The van der Waals surface area contributed by atoms with Crippen LogP contribution >= 0.6 is 0 Å². The summed E-state index contributed by atoms with van der Waals surface area (Å²) in [5, 5.41) is 8.87. The van der Waals surface area contributed by atoms with Crippen molar-refractivity contribution >= 4 is 17.0 Å². The molecule has 2 aromatic heterocycles. The standard InChI is InChI=1S/C20H16N4O3/c1-26-15-9-7-14(8-10-15)19(25)23-24-12-22-20-16(18(24)21)11-17(27-20)13-5-3-2-4-6-13/h2-12,21H,1H3,(H,23,25). The number of nitrogens with one attached hydrogen (secondary N) is 2. The first-order valence-corrected chi connectivity index (χ1v) is 8.22. The highest BCUT2D eigenvalue weighted by Crippen LogP contribution is 2.24. The van der Waals surface area contributed by atoms with E-state index < -0.39 is 0 Å². The molecule has 7 heteroatoms. The van der Waals surface area contributed by atoms with Gasteiger partial charge in [0.1, 0.15) is 17.8 Å². The third-order valence-corrected chi connectivity index (χ3v) is 4.13. The number of carbonyl (C=O) groups is 1. The second-order valence-electron chi connectivity index (χ2n) is 5.83. The fraction of sp³-hybridized carbons (Fsp3) is 0.0500. The summed E-state index contributed by atoms with van der Waals surface area (Å²) in [5.74, 6) is 0.922. The Balaban J connectivity index is 1.65. The van der Waals surface area contributed by atoms with E-state index in [9.17, 15) is 4.79 Å². The molecule has 0 bridgehead atoms. The maximum absolute atomic E-state index is 12.4. The molecule has 0 saturated carbocycles. The summed E-state index contributed by atoms with van der Waals surface area (Å²) >= 11 is 0. The van der Waals surface area contributed by atoms with E-state index in [0.29, 0.717) is 28.2 Å². The molecule has 134 valence electrons. The van der Waals surface area contributed by atoms with Crippen LogP contribution in [0.15, 0.2) is 71.4 Å². The first kappa shape index (κ1) is 16.6. The lowest BCUT2D eigenvalue weighted by Gasteiger charge is -2.09. The molecule has 0 spiro atoms. The molecular formula is C20H16N4O3. The van der Waals surface area contributed by atoms with E-state index in [0.717, 1.165) is 5.56 Å². The molecule has 2 aromatic carbocycles. The molecule has 0 aliphatic rings. The van der Waals surface area contributed by atoms with E-state index >= 15 is 0 Å². The molecule has 0 radical (unpaired) electrons. The predicted molar refractivity (Wildman–Crippen MR) is 100.0 cm³/mol. The van der Waals surface area contributed by atoms with E-state index in [1.165, 1.54) is 11.0 Å². The summed E-state index contributed by atoms with van der Waals surface area (Å²) < 4.78 is 12.1. The second-order valence-corrected chi connectivity index (χ2v) is 5.83. The van der Waals surface area contributed by atoms with E-state index in [4.69, 9.17) is 14.6 Å². The van der Waals surface area contributed by atoms with Crippen molar-refractivity contribution in [2.45, 2.75) is 0 Å². The van der Waals surface area contributed by atoms with Crippen molar-refractivity contribution in [1.29, 1.82) is 5.41 Å². The van der Waals surface area contributed by atoms with Crippen molar-refractivity contribution < 1.29 is 13.9 Å². The smallest absolute Gasteiger partial charge is 0.270 e. The third kappa shape index (κ3) is 3.18. The van der Waals surface area contributed by atoms with Crippen LogP contribution in [0.2, 0.25) is 0 Å². The zero-order valence-corrected chi connectivity index (χ0v) is 14.5. The first-order valence-electron chi connectivity index (χ1n) is 8.22. The van der Waals surface area contributed by atoms with Crippen LogP contribution in [0.4, 0.5) is 0 Å². The zero-order valence-electron chi connectivity index (χ0n) is 14.5. The van der Waals surface area contributed by atoms with Gasteiger partial charge in [-0.1, -0.05) is 30.3 Å². The fourth-order valence-corrected chi connectivity index (χ4v) is 2.69. The van der Waals surface area contributed by atoms with Crippen LogP contribution in [0.3, 0.4) is 0 Å². The average molecular weight is 360 g/mol. The molecule has 4 aromatic rings. The molecule has 0 unspecified atom stereocenters. The van der Waals surface area contributed by atoms with Crippen LogP contribution in [0.1, 0.15) is 10.4 Å². The molecule has 4 rings (SSSR count). The SMILES string of the molecule is COc1ccc(C(=O)Nn2cnc3oc(-c4ccccc4)cc3c2=N)cc1. The number of aromatic nitrogens is 2. The minimum Gasteiger partial charge on any atom is -0.497 e. The molecule has 0 aliphatic carbocycles. The molecule has 2 N–H and O–H groups in total. The fourth-order valence-electron chi connectivity index (χ4n) is 2.69. The number of ether oxygens (including phenoxy) is 1. The molecular weight excluding hydrogens is 344 g/mol. The Morgan fingerprint density at radius 3 is 2.59 bits per heavy atom. The van der Waals surface area contributed by atoms with Crippen LogP contribution in [-0.2, 0) is 0 Å². The number of carbonyl (C=O) groups excluding carboxylic acids is 1. The van der Waals surface area contributed by atoms with E-state index in [1.54, 1.807) is 37.4 Å². The quantitative estimate of drug-likeness (QED) is 0.585. The van der Waals surface area contributed by atoms with Gasteiger partial charge >= 0.3 is 0 Å². The highest BCUT2D eigenvalue weighted by atomic mass is 16.5. The maximum atomic E-state index is 12.4. The lowest BCUT2D eigenvalue weighted by molar-refractivity contribution is 0.101. The van der Waals surface area contributed by atoms with Gasteiger partial charge in [-0.05, 0) is 30.3 Å². The molecule has 1 amide bonds. The molecule has 0 atom stereocenters. The summed E-state index contributed by atoms with van der Waals surface area (Å²) in [7, 11) is 1.56. The summed E-state index contributed by atoms with van der Waals surface area (Å²) in [5.41, 5.74) is 4.41. The third-order valence-electron chi connectivity index (χ3n) is 4.13. The molecule has 27 heavy (non-hydrogen) atoms. The highest BCUT2D eigenvalue weighted by molar-refractivity contribution is 6.00. The number of furan rings is 1. The molecule has 0 fully saturated rings. The number of hydrogen-bond acceptors (Lipinski definition) is 5. The monoisotopic (exact) mass is 360 g/mol. The van der Waals surface area contributed by atoms with Crippen molar-refractivity contribution in [2.24, 2.45) is 0 Å². The van der Waals surface area contributed by atoms with Crippen LogP contribution < -0.4 is 15.7 Å². The van der Waals surface area contributed by atoms with Crippen LogP contribution in [-0.4, -0.2) is 22.7 Å². The summed E-state index contributed by atoms with van der Waals surface area (Å²) in [4.78, 5) is 16.6. The highest BCUT2D eigenvalue weighted by Gasteiger charge is 2.12. The molecule has 0 aliphatic heterocycles. The maximum Gasteiger partial charge on any atom is 0.270 e. The molecule has 7 nitrogen and oxygen atoms in total. The molecule has 0 saturated heterocycles. The summed E-state index contributed by atoms with van der Waals surface area (Å²) in [6, 6.07) is 18.0. The van der Waals surface area contributed by atoms with Crippen molar-refractivity contribution in [1.82, 2.24) is 9.66 Å². The van der Waals surface area contributed by atoms with E-state index in [-0.39, 0.29) is 11.4 Å². The Morgan fingerprint density at radius 1 is 1.15 bits per heavy atom. The largest absolute Gasteiger partial charge is 0.497 e. The average Bonchev–Trinajstić information content (AvgIpc) is 3.16. The number of rotatable bonds is 4. The number of amides is 1. The summed E-state index contributed by atoms with van der Waals surface area (Å²) in [6.07, 6.45) is 1.35. The van der Waals surface area contributed by atoms with Gasteiger partial charge in [0.05, 0.1) is 12.5 Å². The minimum absolute atomic E-state index is 0.0767. The number of methoxy groups -OCH3 is 1. The van der Waals surface area contributed by atoms with E-state index in [2.05, 4.69) is 10.4 Å². The Morgan fingerprint density at radius 2 is 1.89 bits per heavy atom. The minimum atomic E-state index is -0.357. The lowest BCUT2D eigenvalue weighted by Crippen LogP contribution is -2.33. The number of nitrogens with zero attached hydrogens (tertiary/aromatic N) is 2. The number of benzene rings is 2.